The van der Waals surface area contributed by atoms with Crippen molar-refractivity contribution >= 4 is 47.2 Å². The van der Waals surface area contributed by atoms with Crippen molar-refractivity contribution in [3.8, 4) is 0 Å². The lowest BCUT2D eigenvalue weighted by molar-refractivity contribution is -0.117. The second-order valence-corrected chi connectivity index (χ2v) is 8.08. The molecule has 1 aliphatic heterocycles. The molecule has 0 radical (unpaired) electrons. The second-order valence-electron chi connectivity index (χ2n) is 7.00. The lowest BCUT2D eigenvalue weighted by Gasteiger charge is -2.16. The molecule has 5 nitrogen and oxygen atoms in total. The van der Waals surface area contributed by atoms with E-state index in [9.17, 15) is 4.79 Å². The third-order valence-electron chi connectivity index (χ3n) is 5.26. The zero-order valence-electron chi connectivity index (χ0n) is 15.1. The van der Waals surface area contributed by atoms with Crippen LogP contribution in [0.2, 0.25) is 0 Å². The Balaban J connectivity index is 0.00000131. The number of carbonyl (C=O) groups excluding carboxylic acids is 1. The van der Waals surface area contributed by atoms with E-state index in [1.807, 2.05) is 6.07 Å². The van der Waals surface area contributed by atoms with E-state index in [-0.39, 0.29) is 30.7 Å². The molecule has 1 saturated heterocycles. The van der Waals surface area contributed by atoms with Gasteiger partial charge in [0.05, 0.1) is 12.2 Å². The van der Waals surface area contributed by atoms with Gasteiger partial charge in [0, 0.05) is 23.9 Å². The molecule has 0 unspecified atom stereocenters. The fourth-order valence-corrected chi connectivity index (χ4v) is 5.08. The van der Waals surface area contributed by atoms with Crippen molar-refractivity contribution in [3.63, 3.8) is 0 Å². The molecular weight excluding hydrogens is 403 g/mol. The molecule has 3 N–H and O–H groups in total. The number of nitrogens with zero attached hydrogens (tertiary/aromatic N) is 2. The first-order chi connectivity index (χ1) is 12.2. The highest BCUT2D eigenvalue weighted by Crippen LogP contribution is 2.32. The number of thiazole rings is 1. The standard InChI is InChI=1S/C19H24N4OS.2ClH/c20-9-14-10-23(11-15(14)13-5-2-1-3-6-13)12-18(24)22-19-21-16-7-4-8-17(16)25-19;;/h1-3,5-6,14-15H,4,7-12,20H2,(H,21,22,24);2*1H/t14-,15+;;/m1../s1. The molecule has 8 heteroatoms. The third kappa shape index (κ3) is 5.00. The van der Waals surface area contributed by atoms with Gasteiger partial charge in [-0.05, 0) is 37.3 Å². The topological polar surface area (TPSA) is 71.2 Å². The number of aryl methyl sites for hydroxylation is 2. The van der Waals surface area contributed by atoms with E-state index < -0.39 is 0 Å². The molecule has 1 amide bonds. The van der Waals surface area contributed by atoms with Crippen molar-refractivity contribution < 1.29 is 4.79 Å². The molecule has 148 valence electrons. The summed E-state index contributed by atoms with van der Waals surface area (Å²) in [6.07, 6.45) is 3.34. The van der Waals surface area contributed by atoms with Gasteiger partial charge in [0.1, 0.15) is 0 Å². The van der Waals surface area contributed by atoms with Crippen molar-refractivity contribution in [3.05, 3.63) is 46.5 Å². The van der Waals surface area contributed by atoms with Crippen LogP contribution in [0.3, 0.4) is 0 Å². The molecule has 2 aromatic rings. The van der Waals surface area contributed by atoms with Crippen LogP contribution in [0.5, 0.6) is 0 Å². The Morgan fingerprint density at radius 2 is 2.00 bits per heavy atom. The Labute approximate surface area is 176 Å². The van der Waals surface area contributed by atoms with Crippen LogP contribution in [0.4, 0.5) is 5.13 Å². The molecule has 1 aliphatic carbocycles. The quantitative estimate of drug-likeness (QED) is 0.767. The number of halogens is 2. The van der Waals surface area contributed by atoms with E-state index in [0.29, 0.717) is 24.9 Å². The monoisotopic (exact) mass is 428 g/mol. The maximum absolute atomic E-state index is 12.4. The number of nitrogens with two attached hydrogens (primary N) is 1. The molecule has 0 bridgehead atoms. The zero-order valence-corrected chi connectivity index (χ0v) is 17.5. The lowest BCUT2D eigenvalue weighted by Crippen LogP contribution is -2.32. The van der Waals surface area contributed by atoms with Crippen molar-refractivity contribution in [2.24, 2.45) is 11.7 Å². The van der Waals surface area contributed by atoms with Crippen LogP contribution in [0.1, 0.15) is 28.5 Å². The van der Waals surface area contributed by atoms with Gasteiger partial charge < -0.3 is 11.1 Å². The number of likely N-dealkylation sites (tertiary alicyclic amines) is 1. The minimum absolute atomic E-state index is 0. The van der Waals surface area contributed by atoms with Crippen molar-refractivity contribution in [2.45, 2.75) is 25.2 Å². The molecule has 0 spiro atoms. The summed E-state index contributed by atoms with van der Waals surface area (Å²) in [4.78, 5) is 20.5. The Morgan fingerprint density at radius 3 is 2.70 bits per heavy atom. The molecule has 2 aliphatic rings. The van der Waals surface area contributed by atoms with Gasteiger partial charge in [0.15, 0.2) is 5.13 Å². The van der Waals surface area contributed by atoms with Crippen LogP contribution >= 0.6 is 36.2 Å². The summed E-state index contributed by atoms with van der Waals surface area (Å²) in [6, 6.07) is 10.5. The summed E-state index contributed by atoms with van der Waals surface area (Å²) >= 11 is 1.63. The molecule has 2 atom stereocenters. The highest BCUT2D eigenvalue weighted by Gasteiger charge is 2.33. The fraction of sp³-hybridized carbons (Fsp3) is 0.474. The molecule has 1 fully saturated rings. The molecular formula is C19H26Cl2N4OS. The highest BCUT2D eigenvalue weighted by atomic mass is 35.5. The van der Waals surface area contributed by atoms with Gasteiger partial charge in [-0.2, -0.15) is 0 Å². The van der Waals surface area contributed by atoms with Crippen molar-refractivity contribution in [2.75, 3.05) is 31.5 Å². The molecule has 27 heavy (non-hydrogen) atoms. The Bertz CT molecular complexity index is 734. The minimum Gasteiger partial charge on any atom is -0.330 e. The lowest BCUT2D eigenvalue weighted by atomic mass is 9.89. The Morgan fingerprint density at radius 1 is 1.22 bits per heavy atom. The maximum atomic E-state index is 12.4. The van der Waals surface area contributed by atoms with Crippen molar-refractivity contribution in [1.82, 2.24) is 9.88 Å². The number of nitrogens with one attached hydrogen (secondary N) is 1. The van der Waals surface area contributed by atoms with Gasteiger partial charge in [0.2, 0.25) is 5.91 Å². The van der Waals surface area contributed by atoms with E-state index in [4.69, 9.17) is 5.73 Å². The number of carbonyl (C=O) groups is 1. The fourth-order valence-electron chi connectivity index (χ4n) is 4.01. The summed E-state index contributed by atoms with van der Waals surface area (Å²) in [6.45, 7) is 2.81. The summed E-state index contributed by atoms with van der Waals surface area (Å²) < 4.78 is 0. The zero-order chi connectivity index (χ0) is 17.2. The molecule has 0 saturated carbocycles. The number of hydrogen-bond donors (Lipinski definition) is 2. The first-order valence-electron chi connectivity index (χ1n) is 8.98. The number of fused-ring (bicyclic) bond motifs is 1. The first kappa shape index (κ1) is 22.1. The second kappa shape index (κ2) is 9.85. The number of anilines is 1. The van der Waals surface area contributed by atoms with E-state index in [1.54, 1.807) is 11.3 Å². The van der Waals surface area contributed by atoms with E-state index in [0.717, 1.165) is 31.1 Å². The SMILES string of the molecule is Cl.Cl.NC[C@@H]1CN(CC(=O)Nc2nc3c(s2)CCC3)C[C@H]1c1ccccc1. The van der Waals surface area contributed by atoms with Gasteiger partial charge in [-0.15, -0.1) is 36.2 Å². The van der Waals surface area contributed by atoms with Crippen molar-refractivity contribution in [1.29, 1.82) is 0 Å². The van der Waals surface area contributed by atoms with Gasteiger partial charge >= 0.3 is 0 Å². The number of hydrogen-bond acceptors (Lipinski definition) is 5. The van der Waals surface area contributed by atoms with Crippen LogP contribution in [-0.2, 0) is 17.6 Å². The summed E-state index contributed by atoms with van der Waals surface area (Å²) in [7, 11) is 0. The molecule has 4 rings (SSSR count). The van der Waals surface area contributed by atoms with Gasteiger partial charge in [-0.1, -0.05) is 30.3 Å². The van der Waals surface area contributed by atoms with E-state index in [2.05, 4.69) is 39.5 Å². The molecule has 1 aromatic heterocycles. The average molecular weight is 429 g/mol. The Kier molecular flexibility index (Phi) is 8.06. The number of benzene rings is 1. The normalized spacial score (nSPS) is 21.2. The average Bonchev–Trinajstić information content (AvgIpc) is 3.30. The maximum Gasteiger partial charge on any atom is 0.240 e. The summed E-state index contributed by atoms with van der Waals surface area (Å²) in [5, 5.41) is 3.73. The third-order valence-corrected chi connectivity index (χ3v) is 6.33. The smallest absolute Gasteiger partial charge is 0.240 e. The van der Waals surface area contributed by atoms with Gasteiger partial charge in [0.25, 0.3) is 0 Å². The Hall–Kier alpha value is -1.18. The van der Waals surface area contributed by atoms with E-state index in [1.165, 1.54) is 22.6 Å². The van der Waals surface area contributed by atoms with Crippen LogP contribution < -0.4 is 11.1 Å². The molecule has 1 aromatic carbocycles. The predicted molar refractivity (Wildman–Crippen MR) is 115 cm³/mol. The van der Waals surface area contributed by atoms with Crippen LogP contribution in [0, 0.1) is 5.92 Å². The number of rotatable bonds is 5. The largest absolute Gasteiger partial charge is 0.330 e. The van der Waals surface area contributed by atoms with E-state index >= 15 is 0 Å². The summed E-state index contributed by atoms with van der Waals surface area (Å²) in [5.41, 5.74) is 8.48. The summed E-state index contributed by atoms with van der Waals surface area (Å²) in [5.74, 6) is 0.832. The molecule has 2 heterocycles. The van der Waals surface area contributed by atoms with Crippen LogP contribution in [0.15, 0.2) is 30.3 Å². The number of amides is 1. The van der Waals surface area contributed by atoms with Crippen LogP contribution in [0.25, 0.3) is 0 Å². The van der Waals surface area contributed by atoms with Gasteiger partial charge in [-0.25, -0.2) is 4.98 Å². The van der Waals surface area contributed by atoms with Crippen LogP contribution in [-0.4, -0.2) is 42.0 Å². The minimum atomic E-state index is 0. The predicted octanol–water partition coefficient (Wildman–Crippen LogP) is 3.09. The number of aromatic nitrogens is 1. The first-order valence-corrected chi connectivity index (χ1v) is 9.80. The highest BCUT2D eigenvalue weighted by molar-refractivity contribution is 7.15. The van der Waals surface area contributed by atoms with Gasteiger partial charge in [-0.3, -0.25) is 9.69 Å².